The Morgan fingerprint density at radius 2 is 1.05 bits per heavy atom. The molecule has 0 aliphatic carbocycles. The van der Waals surface area contributed by atoms with Gasteiger partial charge in [0, 0.05) is 72.2 Å². The zero-order valence-electron chi connectivity index (χ0n) is 33.9. The predicted molar refractivity (Wildman–Crippen MR) is 237 cm³/mol. The first-order valence-electron chi connectivity index (χ1n) is 20.7. The van der Waals surface area contributed by atoms with Gasteiger partial charge in [-0.2, -0.15) is 0 Å². The number of rotatable bonds is 13. The van der Waals surface area contributed by atoms with Crippen LogP contribution in [-0.4, -0.2) is 109 Å². The average Bonchev–Trinajstić information content (AvgIpc) is 3.87. The van der Waals surface area contributed by atoms with E-state index in [1.165, 1.54) is 0 Å². The normalized spacial score (nSPS) is 21.2. The zero-order chi connectivity index (χ0) is 42.0. The van der Waals surface area contributed by atoms with Gasteiger partial charge in [0.2, 0.25) is 0 Å². The molecule has 6 aromatic rings. The highest BCUT2D eigenvalue weighted by molar-refractivity contribution is 7.91. The highest BCUT2D eigenvalue weighted by Crippen LogP contribution is 2.28. The van der Waals surface area contributed by atoms with Crippen LogP contribution in [0.3, 0.4) is 0 Å². The van der Waals surface area contributed by atoms with Crippen molar-refractivity contribution >= 4 is 53.3 Å². The van der Waals surface area contributed by atoms with Gasteiger partial charge in [0.1, 0.15) is 11.4 Å². The van der Waals surface area contributed by atoms with Gasteiger partial charge in [0.05, 0.1) is 23.0 Å². The highest BCUT2D eigenvalue weighted by atomic mass is 32.2. The maximum Gasteiger partial charge on any atom is 0.270 e. The van der Waals surface area contributed by atoms with E-state index in [-0.39, 0.29) is 46.9 Å². The quantitative estimate of drug-likeness (QED) is 0.111. The number of benzene rings is 4. The molecule has 60 heavy (non-hydrogen) atoms. The Bertz CT molecular complexity index is 2680. The maximum atomic E-state index is 14.0. The molecule has 2 amide bonds. The van der Waals surface area contributed by atoms with E-state index < -0.39 is 31.8 Å². The van der Waals surface area contributed by atoms with Crippen molar-refractivity contribution in [3.8, 4) is 11.1 Å². The van der Waals surface area contributed by atoms with Crippen LogP contribution in [0, 0.1) is 0 Å². The molecule has 0 saturated carbocycles. The molecule has 4 atom stereocenters. The molecule has 2 fully saturated rings. The van der Waals surface area contributed by atoms with Crippen LogP contribution in [0.5, 0.6) is 0 Å². The number of hydrogen-bond donors (Lipinski definition) is 4. The molecule has 2 aliphatic rings. The van der Waals surface area contributed by atoms with Crippen LogP contribution in [0.15, 0.2) is 109 Å². The first-order valence-corrected chi connectivity index (χ1v) is 24.3. The van der Waals surface area contributed by atoms with E-state index in [4.69, 9.17) is 0 Å². The number of aromatic amines is 2. The molecule has 2 aliphatic heterocycles. The van der Waals surface area contributed by atoms with Crippen LogP contribution in [0.4, 0.5) is 0 Å². The van der Waals surface area contributed by atoms with Crippen LogP contribution >= 0.6 is 0 Å². The lowest BCUT2D eigenvalue weighted by Crippen LogP contribution is -2.53. The summed E-state index contributed by atoms with van der Waals surface area (Å²) in [5.41, 5.74) is 6.57. The van der Waals surface area contributed by atoms with Crippen LogP contribution in [0.25, 0.3) is 32.9 Å². The molecule has 12 nitrogen and oxygen atoms in total. The van der Waals surface area contributed by atoms with Crippen molar-refractivity contribution in [3.63, 3.8) is 0 Å². The van der Waals surface area contributed by atoms with Crippen LogP contribution in [-0.2, 0) is 32.8 Å². The molecular formula is C46H52N6O6S2. The van der Waals surface area contributed by atoms with Crippen molar-refractivity contribution in [2.75, 3.05) is 36.1 Å². The van der Waals surface area contributed by atoms with Crippen LogP contribution < -0.4 is 10.6 Å². The summed E-state index contributed by atoms with van der Waals surface area (Å²) in [5.74, 6) is -0.478. The summed E-state index contributed by atoms with van der Waals surface area (Å²) in [6.07, 6.45) is 1.08. The van der Waals surface area contributed by atoms with E-state index in [1.807, 2.05) is 123 Å². The summed E-state index contributed by atoms with van der Waals surface area (Å²) < 4.78 is 52.3. The molecule has 14 heteroatoms. The topological polar surface area (TPSA) is 165 Å². The van der Waals surface area contributed by atoms with Crippen molar-refractivity contribution in [2.45, 2.75) is 63.9 Å². The number of nitrogens with zero attached hydrogens (tertiary/aromatic N) is 2. The van der Waals surface area contributed by atoms with Gasteiger partial charge in [-0.05, 0) is 79.3 Å². The van der Waals surface area contributed by atoms with Gasteiger partial charge in [-0.3, -0.25) is 9.59 Å². The van der Waals surface area contributed by atoms with Gasteiger partial charge in [0.15, 0.2) is 19.7 Å². The zero-order valence-corrected chi connectivity index (χ0v) is 35.6. The summed E-state index contributed by atoms with van der Waals surface area (Å²) in [4.78, 5) is 37.4. The van der Waals surface area contributed by atoms with Gasteiger partial charge in [-0.15, -0.1) is 0 Å². The molecule has 2 saturated heterocycles. The summed E-state index contributed by atoms with van der Waals surface area (Å²) >= 11 is 0. The fourth-order valence-corrected chi connectivity index (χ4v) is 12.8. The SMILES string of the molecule is CCN(C(=O)c1cc2cc(-c3ccc(CN[C@H]4C[C@@H](N(CC)C(=O)c5cc6ccccc6[nH]5)CS(=O)(=O)C4)cc3)ccc2[nH]1)C1C[C@@H](NCc2ccccc2)CS(=O)(=O)C1. The Kier molecular flexibility index (Phi) is 12.0. The van der Waals surface area contributed by atoms with Crippen molar-refractivity contribution < 1.29 is 26.4 Å². The number of H-pyrrole nitrogens is 2. The molecule has 1 unspecified atom stereocenters. The number of para-hydroxylation sites is 1. The summed E-state index contributed by atoms with van der Waals surface area (Å²) in [7, 11) is -6.76. The fraction of sp³-hybridized carbons (Fsp3) is 0.348. The Morgan fingerprint density at radius 1 is 0.567 bits per heavy atom. The molecule has 4 heterocycles. The van der Waals surface area contributed by atoms with E-state index in [1.54, 1.807) is 9.80 Å². The minimum absolute atomic E-state index is 0.0170. The van der Waals surface area contributed by atoms with Gasteiger partial charge in [0.25, 0.3) is 11.8 Å². The minimum atomic E-state index is -3.40. The molecule has 0 bridgehead atoms. The van der Waals surface area contributed by atoms with E-state index in [2.05, 4.69) is 20.6 Å². The highest BCUT2D eigenvalue weighted by Gasteiger charge is 2.38. The number of nitrogens with one attached hydrogen (secondary N) is 4. The number of carbonyl (C=O) groups is 2. The third-order valence-corrected chi connectivity index (χ3v) is 15.5. The Balaban J connectivity index is 0.901. The van der Waals surface area contributed by atoms with Crippen LogP contribution in [0.2, 0.25) is 0 Å². The Labute approximate surface area is 351 Å². The number of carbonyl (C=O) groups excluding carboxylic acids is 2. The molecule has 0 radical (unpaired) electrons. The maximum absolute atomic E-state index is 14.0. The largest absolute Gasteiger partial charge is 0.351 e. The number of aromatic nitrogens is 2. The van der Waals surface area contributed by atoms with Gasteiger partial charge < -0.3 is 30.4 Å². The second-order valence-electron chi connectivity index (χ2n) is 16.2. The van der Waals surface area contributed by atoms with Crippen molar-refractivity contribution in [2.24, 2.45) is 0 Å². The first kappa shape index (κ1) is 41.5. The van der Waals surface area contributed by atoms with Gasteiger partial charge >= 0.3 is 0 Å². The lowest BCUT2D eigenvalue weighted by molar-refractivity contribution is 0.0673. The minimum Gasteiger partial charge on any atom is -0.351 e. The number of fused-ring (bicyclic) bond motifs is 2. The fourth-order valence-electron chi connectivity index (χ4n) is 8.98. The summed E-state index contributed by atoms with van der Waals surface area (Å²) in [5, 5.41) is 8.66. The third kappa shape index (κ3) is 9.36. The molecule has 4 N–H and O–H groups in total. The molecular weight excluding hydrogens is 797 g/mol. The monoisotopic (exact) mass is 848 g/mol. The smallest absolute Gasteiger partial charge is 0.270 e. The first-order chi connectivity index (χ1) is 28.9. The third-order valence-electron chi connectivity index (χ3n) is 11.9. The van der Waals surface area contributed by atoms with Gasteiger partial charge in [-0.1, -0.05) is 78.9 Å². The molecule has 4 aromatic carbocycles. The van der Waals surface area contributed by atoms with E-state index in [0.29, 0.717) is 50.4 Å². The van der Waals surface area contributed by atoms with E-state index in [0.717, 1.165) is 44.1 Å². The molecule has 8 rings (SSSR count). The van der Waals surface area contributed by atoms with E-state index in [9.17, 15) is 26.4 Å². The summed E-state index contributed by atoms with van der Waals surface area (Å²) in [6.45, 7) is 5.57. The van der Waals surface area contributed by atoms with Crippen molar-refractivity contribution in [1.82, 2.24) is 30.4 Å². The second kappa shape index (κ2) is 17.4. The Morgan fingerprint density at radius 3 is 1.60 bits per heavy atom. The number of amides is 2. The molecule has 2 aromatic heterocycles. The Hall–Kier alpha value is -5.28. The van der Waals surface area contributed by atoms with Crippen LogP contribution in [0.1, 0.15) is 58.8 Å². The number of sulfone groups is 2. The average molecular weight is 849 g/mol. The molecule has 0 spiro atoms. The standard InChI is InChI=1S/C46H52N6O6S2/c1-3-51(45(53)43-21-35-12-8-9-13-41(35)49-43)39-24-38(28-60(57,58)29-39)48-26-32-14-16-33(17-15-32)34-18-19-42-36(20-34)22-44(50-42)46(54)52(4-2)40-23-37(27-59(55,56)30-40)47-25-31-10-6-5-7-11-31/h5-22,37-40,47-50H,3-4,23-30H2,1-2H3/t37-,38+,39-,40?/m1/s1. The summed E-state index contributed by atoms with van der Waals surface area (Å²) in [6, 6.07) is 33.8. The van der Waals surface area contributed by atoms with E-state index >= 15 is 0 Å². The number of hydrogen-bond acceptors (Lipinski definition) is 8. The lowest BCUT2D eigenvalue weighted by atomic mass is 10.0. The van der Waals surface area contributed by atoms with Gasteiger partial charge in [-0.25, -0.2) is 16.8 Å². The second-order valence-corrected chi connectivity index (χ2v) is 20.5. The molecule has 314 valence electrons. The van der Waals surface area contributed by atoms with Crippen molar-refractivity contribution in [3.05, 3.63) is 132 Å². The predicted octanol–water partition coefficient (Wildman–Crippen LogP) is 5.93. The van der Waals surface area contributed by atoms with Crippen molar-refractivity contribution in [1.29, 1.82) is 0 Å². The lowest BCUT2D eigenvalue weighted by Gasteiger charge is -2.37.